The third kappa shape index (κ3) is 6.22. The van der Waals surface area contributed by atoms with Gasteiger partial charge in [0.2, 0.25) is 0 Å². The van der Waals surface area contributed by atoms with Gasteiger partial charge in [0, 0.05) is 32.2 Å². The number of nitrogens with one attached hydrogen (secondary N) is 2. The lowest BCUT2D eigenvalue weighted by Crippen LogP contribution is -2.17. The smallest absolute Gasteiger partial charge is 0.0700 e. The van der Waals surface area contributed by atoms with Crippen molar-refractivity contribution in [1.29, 1.82) is 0 Å². The van der Waals surface area contributed by atoms with Crippen LogP contribution in [0.5, 0.6) is 0 Å². The Balaban J connectivity index is 1.81. The molecule has 0 atom stereocenters. The molecule has 0 saturated carbocycles. The van der Waals surface area contributed by atoms with Crippen LogP contribution in [0.15, 0.2) is 12.3 Å². The molecule has 0 radical (unpaired) electrons. The van der Waals surface area contributed by atoms with E-state index >= 15 is 0 Å². The fourth-order valence-electron chi connectivity index (χ4n) is 1.15. The number of H-pyrrole nitrogens is 1. The molecule has 5 nitrogen and oxygen atoms in total. The SMILES string of the molecule is COCCOCCCNCc1ccn[nH]1. The molecule has 0 amide bonds. The molecule has 86 valence electrons. The summed E-state index contributed by atoms with van der Waals surface area (Å²) in [5.74, 6) is 0. The van der Waals surface area contributed by atoms with E-state index in [-0.39, 0.29) is 0 Å². The summed E-state index contributed by atoms with van der Waals surface area (Å²) in [6.45, 7) is 3.90. The Kier molecular flexibility index (Phi) is 6.81. The largest absolute Gasteiger partial charge is 0.382 e. The number of aromatic amines is 1. The summed E-state index contributed by atoms with van der Waals surface area (Å²) in [6, 6.07) is 1.96. The average molecular weight is 213 g/mol. The lowest BCUT2D eigenvalue weighted by molar-refractivity contribution is 0.0694. The van der Waals surface area contributed by atoms with Gasteiger partial charge >= 0.3 is 0 Å². The van der Waals surface area contributed by atoms with E-state index in [2.05, 4.69) is 15.5 Å². The van der Waals surface area contributed by atoms with Crippen LogP contribution in [-0.4, -0.2) is 43.7 Å². The molecule has 15 heavy (non-hydrogen) atoms. The van der Waals surface area contributed by atoms with E-state index < -0.39 is 0 Å². The van der Waals surface area contributed by atoms with Crippen LogP contribution in [0.2, 0.25) is 0 Å². The van der Waals surface area contributed by atoms with Crippen molar-refractivity contribution in [2.75, 3.05) is 33.5 Å². The van der Waals surface area contributed by atoms with Crippen molar-refractivity contribution in [2.24, 2.45) is 0 Å². The molecule has 0 aliphatic heterocycles. The second kappa shape index (κ2) is 8.40. The predicted octanol–water partition coefficient (Wildman–Crippen LogP) is 0.552. The van der Waals surface area contributed by atoms with Gasteiger partial charge in [-0.1, -0.05) is 0 Å². The minimum Gasteiger partial charge on any atom is -0.382 e. The second-order valence-electron chi connectivity index (χ2n) is 3.22. The Bertz CT molecular complexity index is 227. The molecule has 0 aliphatic carbocycles. The van der Waals surface area contributed by atoms with Gasteiger partial charge in [0.05, 0.1) is 13.2 Å². The highest BCUT2D eigenvalue weighted by Gasteiger charge is 1.93. The van der Waals surface area contributed by atoms with Gasteiger partial charge in [-0.3, -0.25) is 5.10 Å². The van der Waals surface area contributed by atoms with Crippen LogP contribution in [0.25, 0.3) is 0 Å². The molecular weight excluding hydrogens is 194 g/mol. The monoisotopic (exact) mass is 213 g/mol. The Morgan fingerprint density at radius 2 is 2.33 bits per heavy atom. The third-order valence-electron chi connectivity index (χ3n) is 1.95. The van der Waals surface area contributed by atoms with Gasteiger partial charge in [-0.25, -0.2) is 0 Å². The van der Waals surface area contributed by atoms with Gasteiger partial charge < -0.3 is 14.8 Å². The van der Waals surface area contributed by atoms with Crippen LogP contribution >= 0.6 is 0 Å². The maximum Gasteiger partial charge on any atom is 0.0700 e. The van der Waals surface area contributed by atoms with Crippen LogP contribution in [0, 0.1) is 0 Å². The topological polar surface area (TPSA) is 59.2 Å². The Morgan fingerprint density at radius 3 is 3.07 bits per heavy atom. The Labute approximate surface area is 90.2 Å². The molecule has 1 aromatic heterocycles. The summed E-state index contributed by atoms with van der Waals surface area (Å²) >= 11 is 0. The maximum atomic E-state index is 5.33. The molecule has 0 fully saturated rings. The average Bonchev–Trinajstić information content (AvgIpc) is 2.75. The Hall–Kier alpha value is -0.910. The van der Waals surface area contributed by atoms with Gasteiger partial charge in [-0.15, -0.1) is 0 Å². The highest BCUT2D eigenvalue weighted by molar-refractivity contribution is 4.96. The molecule has 0 spiro atoms. The zero-order valence-electron chi connectivity index (χ0n) is 9.16. The maximum absolute atomic E-state index is 5.33. The van der Waals surface area contributed by atoms with Crippen molar-refractivity contribution in [2.45, 2.75) is 13.0 Å². The van der Waals surface area contributed by atoms with E-state index in [4.69, 9.17) is 9.47 Å². The van der Waals surface area contributed by atoms with Crippen molar-refractivity contribution in [3.8, 4) is 0 Å². The molecule has 2 N–H and O–H groups in total. The summed E-state index contributed by atoms with van der Waals surface area (Å²) in [7, 11) is 1.68. The molecule has 1 rings (SSSR count). The van der Waals surface area contributed by atoms with Gasteiger partial charge in [-0.2, -0.15) is 5.10 Å². The molecule has 0 aromatic carbocycles. The van der Waals surface area contributed by atoms with Crippen molar-refractivity contribution >= 4 is 0 Å². The lowest BCUT2D eigenvalue weighted by atomic mass is 10.4. The summed E-state index contributed by atoms with van der Waals surface area (Å²) in [4.78, 5) is 0. The second-order valence-corrected chi connectivity index (χ2v) is 3.22. The minimum absolute atomic E-state index is 0.668. The number of hydrogen-bond donors (Lipinski definition) is 2. The van der Waals surface area contributed by atoms with E-state index in [0.717, 1.165) is 31.8 Å². The quantitative estimate of drug-likeness (QED) is 0.588. The number of aromatic nitrogens is 2. The Morgan fingerprint density at radius 1 is 1.40 bits per heavy atom. The van der Waals surface area contributed by atoms with E-state index in [9.17, 15) is 0 Å². The van der Waals surface area contributed by atoms with Crippen molar-refractivity contribution in [3.05, 3.63) is 18.0 Å². The first-order valence-electron chi connectivity index (χ1n) is 5.19. The molecule has 0 saturated heterocycles. The van der Waals surface area contributed by atoms with Crippen LogP contribution in [0.3, 0.4) is 0 Å². The first kappa shape index (κ1) is 12.2. The number of ether oxygens (including phenoxy) is 2. The van der Waals surface area contributed by atoms with Crippen molar-refractivity contribution in [3.63, 3.8) is 0 Å². The molecule has 5 heteroatoms. The van der Waals surface area contributed by atoms with Crippen molar-refractivity contribution < 1.29 is 9.47 Å². The van der Waals surface area contributed by atoms with E-state index in [1.54, 1.807) is 13.3 Å². The minimum atomic E-state index is 0.668. The molecular formula is C10H19N3O2. The zero-order chi connectivity index (χ0) is 10.8. The fraction of sp³-hybridized carbons (Fsp3) is 0.700. The molecule has 1 aromatic rings. The zero-order valence-corrected chi connectivity index (χ0v) is 9.16. The van der Waals surface area contributed by atoms with E-state index in [1.807, 2.05) is 6.07 Å². The van der Waals surface area contributed by atoms with Gasteiger partial charge in [0.15, 0.2) is 0 Å². The van der Waals surface area contributed by atoms with E-state index in [1.165, 1.54) is 0 Å². The number of rotatable bonds is 9. The van der Waals surface area contributed by atoms with Gasteiger partial charge in [-0.05, 0) is 19.0 Å². The highest BCUT2D eigenvalue weighted by atomic mass is 16.5. The van der Waals surface area contributed by atoms with Crippen molar-refractivity contribution in [1.82, 2.24) is 15.5 Å². The summed E-state index contributed by atoms with van der Waals surface area (Å²) < 4.78 is 10.2. The normalized spacial score (nSPS) is 10.7. The number of methoxy groups -OCH3 is 1. The first-order chi connectivity index (χ1) is 7.43. The lowest BCUT2D eigenvalue weighted by Gasteiger charge is -2.04. The molecule has 1 heterocycles. The van der Waals surface area contributed by atoms with Gasteiger partial charge in [0.1, 0.15) is 0 Å². The van der Waals surface area contributed by atoms with Crippen LogP contribution in [-0.2, 0) is 16.0 Å². The predicted molar refractivity (Wildman–Crippen MR) is 57.6 cm³/mol. The van der Waals surface area contributed by atoms with Crippen LogP contribution in [0.1, 0.15) is 12.1 Å². The standard InChI is InChI=1S/C10H19N3O2/c1-14-7-8-15-6-2-4-11-9-10-3-5-12-13-10/h3,5,11H,2,4,6-9H2,1H3,(H,12,13). The van der Waals surface area contributed by atoms with E-state index in [0.29, 0.717) is 13.2 Å². The first-order valence-corrected chi connectivity index (χ1v) is 5.19. The van der Waals surface area contributed by atoms with Crippen LogP contribution < -0.4 is 5.32 Å². The van der Waals surface area contributed by atoms with Gasteiger partial charge in [0.25, 0.3) is 0 Å². The molecule has 0 aliphatic rings. The van der Waals surface area contributed by atoms with Crippen LogP contribution in [0.4, 0.5) is 0 Å². The number of hydrogen-bond acceptors (Lipinski definition) is 4. The highest BCUT2D eigenvalue weighted by Crippen LogP contribution is 1.90. The molecule has 0 bridgehead atoms. The summed E-state index contributed by atoms with van der Waals surface area (Å²) in [6.07, 6.45) is 2.77. The molecule has 0 unspecified atom stereocenters. The summed E-state index contributed by atoms with van der Waals surface area (Å²) in [5, 5.41) is 10.1. The third-order valence-corrected chi connectivity index (χ3v) is 1.95. The fourth-order valence-corrected chi connectivity index (χ4v) is 1.15. The summed E-state index contributed by atoms with van der Waals surface area (Å²) in [5.41, 5.74) is 1.11. The number of nitrogens with zero attached hydrogens (tertiary/aromatic N) is 1.